The van der Waals surface area contributed by atoms with Crippen LogP contribution in [0.25, 0.3) is 10.9 Å². The molecule has 0 bridgehead atoms. The maximum Gasteiger partial charge on any atom is 0.419 e. The zero-order chi connectivity index (χ0) is 12.6. The van der Waals surface area contributed by atoms with E-state index in [0.717, 1.165) is 15.4 Å². The summed E-state index contributed by atoms with van der Waals surface area (Å²) in [5.41, 5.74) is 0.291. The van der Waals surface area contributed by atoms with Crippen molar-refractivity contribution in [2.75, 3.05) is 0 Å². The Kier molecular flexibility index (Phi) is 3.00. The van der Waals surface area contributed by atoms with E-state index in [4.69, 9.17) is 4.74 Å². The lowest BCUT2D eigenvalue weighted by Crippen LogP contribution is -2.26. The average molecular weight is 295 g/mol. The maximum atomic E-state index is 11.9. The maximum absolute atomic E-state index is 11.9. The van der Waals surface area contributed by atoms with E-state index in [1.807, 2.05) is 39.0 Å². The molecule has 1 aromatic heterocycles. The number of hydrogen-bond acceptors (Lipinski definition) is 2. The highest BCUT2D eigenvalue weighted by Crippen LogP contribution is 2.21. The Morgan fingerprint density at radius 2 is 2.12 bits per heavy atom. The minimum absolute atomic E-state index is 0.408. The minimum Gasteiger partial charge on any atom is -0.443 e. The minimum atomic E-state index is -0.503. The highest BCUT2D eigenvalue weighted by molar-refractivity contribution is 9.10. The van der Waals surface area contributed by atoms with E-state index in [-0.39, 0.29) is 0 Å². The van der Waals surface area contributed by atoms with Crippen molar-refractivity contribution in [3.8, 4) is 0 Å². The summed E-state index contributed by atoms with van der Waals surface area (Å²) >= 11 is 3.39. The van der Waals surface area contributed by atoms with Crippen LogP contribution in [0.15, 0.2) is 28.7 Å². The third kappa shape index (κ3) is 2.69. The van der Waals surface area contributed by atoms with Gasteiger partial charge in [0, 0.05) is 9.86 Å². The number of nitrogens with zero attached hydrogens (tertiary/aromatic N) is 1. The molecule has 3 nitrogen and oxygen atoms in total. The van der Waals surface area contributed by atoms with Crippen LogP contribution in [-0.2, 0) is 4.74 Å². The fourth-order valence-electron chi connectivity index (χ4n) is 1.51. The first-order chi connectivity index (χ1) is 7.87. The van der Waals surface area contributed by atoms with Gasteiger partial charge in [-0.2, -0.15) is 0 Å². The van der Waals surface area contributed by atoms with Crippen molar-refractivity contribution in [2.45, 2.75) is 26.4 Å². The Labute approximate surface area is 108 Å². The van der Waals surface area contributed by atoms with Gasteiger partial charge in [-0.15, -0.1) is 0 Å². The molecule has 0 unspecified atom stereocenters. The molecule has 4 heteroatoms. The van der Waals surface area contributed by atoms with Crippen molar-refractivity contribution in [2.24, 2.45) is 0 Å². The number of halogens is 1. The van der Waals surface area contributed by atoms with Gasteiger partial charge in [0.2, 0.25) is 0 Å². The number of carbonyl (C=O) groups excluding carboxylic acids is 1. The first kappa shape index (κ1) is 12.2. The molecular weight excluding hydrogens is 282 g/mol. The predicted molar refractivity (Wildman–Crippen MR) is 70.1 cm³/mol. The van der Waals surface area contributed by atoms with Gasteiger partial charge in [-0.25, -0.2) is 9.36 Å². The Bertz CT molecular complexity index is 566. The van der Waals surface area contributed by atoms with Gasteiger partial charge in [-0.3, -0.25) is 0 Å². The molecule has 0 aliphatic heterocycles. The van der Waals surface area contributed by atoms with E-state index in [1.165, 1.54) is 4.57 Å². The second-order valence-corrected chi connectivity index (χ2v) is 5.71. The third-order valence-corrected chi connectivity index (χ3v) is 2.65. The first-order valence-electron chi connectivity index (χ1n) is 5.29. The summed E-state index contributed by atoms with van der Waals surface area (Å²) in [5.74, 6) is 0. The van der Waals surface area contributed by atoms with Gasteiger partial charge >= 0.3 is 6.09 Å². The van der Waals surface area contributed by atoms with Gasteiger partial charge in [0.05, 0.1) is 11.7 Å². The number of carbonyl (C=O) groups is 1. The van der Waals surface area contributed by atoms with Gasteiger partial charge in [0.1, 0.15) is 5.60 Å². The zero-order valence-electron chi connectivity index (χ0n) is 9.95. The summed E-state index contributed by atoms with van der Waals surface area (Å²) in [6, 6.07) is 7.45. The molecule has 0 saturated carbocycles. The normalized spacial score (nSPS) is 11.8. The molecule has 1 heterocycles. The standard InChI is InChI=1S/C13H13BrNO2/c1-13(2,3)17-12(16)15-7-6-9-8-10(14)4-5-11(9)15/h4-6,8H,1-3H3. The lowest BCUT2D eigenvalue weighted by molar-refractivity contribution is 0.0543. The summed E-state index contributed by atoms with van der Waals surface area (Å²) in [5, 5.41) is 0.949. The van der Waals surface area contributed by atoms with E-state index in [9.17, 15) is 4.79 Å². The summed E-state index contributed by atoms with van der Waals surface area (Å²) in [7, 11) is 0. The summed E-state index contributed by atoms with van der Waals surface area (Å²) in [6.45, 7) is 5.52. The highest BCUT2D eigenvalue weighted by atomic mass is 79.9. The molecule has 0 aliphatic carbocycles. The molecule has 1 aromatic carbocycles. The Morgan fingerprint density at radius 3 is 2.76 bits per heavy atom. The first-order valence-corrected chi connectivity index (χ1v) is 6.08. The Morgan fingerprint density at radius 1 is 1.41 bits per heavy atom. The molecular formula is C13H13BrNO2. The quantitative estimate of drug-likeness (QED) is 0.736. The second kappa shape index (κ2) is 4.18. The van der Waals surface area contributed by atoms with Crippen LogP contribution in [0.4, 0.5) is 4.79 Å². The molecule has 89 valence electrons. The number of aromatic nitrogens is 1. The highest BCUT2D eigenvalue weighted by Gasteiger charge is 2.19. The van der Waals surface area contributed by atoms with E-state index in [1.54, 1.807) is 6.07 Å². The van der Waals surface area contributed by atoms with Crippen LogP contribution >= 0.6 is 15.9 Å². The third-order valence-electron chi connectivity index (χ3n) is 2.16. The molecule has 0 aliphatic rings. The van der Waals surface area contributed by atoms with Crippen molar-refractivity contribution < 1.29 is 9.53 Å². The molecule has 0 N–H and O–H groups in total. The fourth-order valence-corrected chi connectivity index (χ4v) is 1.89. The molecule has 0 saturated heterocycles. The van der Waals surface area contributed by atoms with Crippen LogP contribution in [0.2, 0.25) is 0 Å². The number of hydrogen-bond donors (Lipinski definition) is 0. The molecule has 0 amide bonds. The lowest BCUT2D eigenvalue weighted by atomic mass is 10.2. The summed E-state index contributed by atoms with van der Waals surface area (Å²) in [4.78, 5) is 11.9. The number of benzene rings is 1. The predicted octanol–water partition coefficient (Wildman–Crippen LogP) is 3.99. The summed E-state index contributed by atoms with van der Waals surface area (Å²) < 4.78 is 7.67. The topological polar surface area (TPSA) is 31.2 Å². The molecule has 0 atom stereocenters. The summed E-state index contributed by atoms with van der Waals surface area (Å²) in [6.07, 6.45) is 2.48. The molecule has 1 radical (unpaired) electrons. The van der Waals surface area contributed by atoms with Crippen molar-refractivity contribution >= 4 is 32.9 Å². The fraction of sp³-hybridized carbons (Fsp3) is 0.308. The van der Waals surface area contributed by atoms with Crippen LogP contribution in [-0.4, -0.2) is 16.3 Å². The van der Waals surface area contributed by atoms with Gasteiger partial charge < -0.3 is 4.74 Å². The molecule has 2 rings (SSSR count). The van der Waals surface area contributed by atoms with E-state index >= 15 is 0 Å². The number of ether oxygens (including phenoxy) is 1. The van der Waals surface area contributed by atoms with Gasteiger partial charge in [-0.1, -0.05) is 15.9 Å². The van der Waals surface area contributed by atoms with Crippen molar-refractivity contribution in [3.63, 3.8) is 0 Å². The van der Waals surface area contributed by atoms with Crippen molar-refractivity contribution in [1.82, 2.24) is 4.57 Å². The largest absolute Gasteiger partial charge is 0.443 e. The molecule has 0 fully saturated rings. The van der Waals surface area contributed by atoms with Crippen LogP contribution in [0.5, 0.6) is 0 Å². The van der Waals surface area contributed by atoms with E-state index in [2.05, 4.69) is 22.1 Å². The number of rotatable bonds is 0. The van der Waals surface area contributed by atoms with Gasteiger partial charge in [0.15, 0.2) is 0 Å². The molecule has 17 heavy (non-hydrogen) atoms. The number of fused-ring (bicyclic) bond motifs is 1. The van der Waals surface area contributed by atoms with Crippen molar-refractivity contribution in [3.05, 3.63) is 34.9 Å². The van der Waals surface area contributed by atoms with Crippen LogP contribution < -0.4 is 0 Å². The van der Waals surface area contributed by atoms with Crippen LogP contribution in [0, 0.1) is 6.20 Å². The van der Waals surface area contributed by atoms with E-state index in [0.29, 0.717) is 0 Å². The van der Waals surface area contributed by atoms with E-state index < -0.39 is 11.7 Å². The van der Waals surface area contributed by atoms with Crippen LogP contribution in [0.3, 0.4) is 0 Å². The van der Waals surface area contributed by atoms with Gasteiger partial charge in [0.25, 0.3) is 0 Å². The molecule has 0 spiro atoms. The van der Waals surface area contributed by atoms with Crippen molar-refractivity contribution in [1.29, 1.82) is 0 Å². The monoisotopic (exact) mass is 294 g/mol. The zero-order valence-corrected chi connectivity index (χ0v) is 11.5. The lowest BCUT2D eigenvalue weighted by Gasteiger charge is -2.19. The molecule has 2 aromatic rings. The van der Waals surface area contributed by atoms with Crippen LogP contribution in [0.1, 0.15) is 20.8 Å². The second-order valence-electron chi connectivity index (χ2n) is 4.79. The smallest absolute Gasteiger partial charge is 0.419 e. The van der Waals surface area contributed by atoms with Gasteiger partial charge in [-0.05, 0) is 45.0 Å². The average Bonchev–Trinajstić information content (AvgIpc) is 2.57. The Hall–Kier alpha value is -1.29. The SMILES string of the molecule is CC(C)(C)OC(=O)n1[c]cc2cc(Br)ccc21. The Balaban J connectivity index is 2.40.